The maximum Gasteiger partial charge on any atom is 0.267 e. The summed E-state index contributed by atoms with van der Waals surface area (Å²) < 4.78 is 25.0. The predicted octanol–water partition coefficient (Wildman–Crippen LogP) is 4.02. The molecule has 0 fully saturated rings. The van der Waals surface area contributed by atoms with Gasteiger partial charge in [0.2, 0.25) is 5.13 Å². The highest BCUT2D eigenvalue weighted by molar-refractivity contribution is 7.91. The Bertz CT molecular complexity index is 1130. The second-order valence-electron chi connectivity index (χ2n) is 5.67. The molecule has 0 unspecified atom stereocenters. The molecule has 6 nitrogen and oxygen atoms in total. The number of benzene rings is 1. The number of aryl methyl sites for hydroxylation is 1. The average molecular weight is 426 g/mol. The maximum absolute atomic E-state index is 12.5. The van der Waals surface area contributed by atoms with Crippen LogP contribution in [0.4, 0.5) is 5.13 Å². The number of fused-ring (bicyclic) bond motifs is 3. The number of halogens is 1. The maximum atomic E-state index is 12.5. The number of thiophene rings is 1. The summed E-state index contributed by atoms with van der Waals surface area (Å²) in [5, 5.41) is 12.3. The lowest BCUT2D eigenvalue weighted by Gasteiger charge is -2.16. The van der Waals surface area contributed by atoms with Crippen LogP contribution in [0, 0.1) is 0 Å². The van der Waals surface area contributed by atoms with Gasteiger partial charge in [0.1, 0.15) is 5.01 Å². The van der Waals surface area contributed by atoms with E-state index in [1.54, 1.807) is 18.2 Å². The van der Waals surface area contributed by atoms with Crippen molar-refractivity contribution in [1.29, 1.82) is 0 Å². The predicted molar refractivity (Wildman–Crippen MR) is 103 cm³/mol. The number of sulfone groups is 1. The lowest BCUT2D eigenvalue weighted by molar-refractivity contribution is 0.103. The van der Waals surface area contributed by atoms with Crippen molar-refractivity contribution in [3.05, 3.63) is 44.7 Å². The van der Waals surface area contributed by atoms with Gasteiger partial charge < -0.3 is 0 Å². The smallest absolute Gasteiger partial charge is 0.267 e. The first-order chi connectivity index (χ1) is 12.4. The minimum atomic E-state index is -3.48. The Morgan fingerprint density at radius 2 is 2.08 bits per heavy atom. The van der Waals surface area contributed by atoms with Gasteiger partial charge in [0.15, 0.2) is 9.84 Å². The Labute approximate surface area is 162 Å². The summed E-state index contributed by atoms with van der Waals surface area (Å²) in [6, 6.07) is 6.43. The fraction of sp³-hybridized carbons (Fsp3) is 0.188. The molecule has 3 aromatic rings. The van der Waals surface area contributed by atoms with Gasteiger partial charge in [-0.2, -0.15) is 0 Å². The van der Waals surface area contributed by atoms with E-state index < -0.39 is 9.84 Å². The Hall–Kier alpha value is -1.81. The molecule has 1 N–H and O–H groups in total. The monoisotopic (exact) mass is 425 g/mol. The van der Waals surface area contributed by atoms with Crippen molar-refractivity contribution >= 4 is 55.2 Å². The van der Waals surface area contributed by atoms with Crippen LogP contribution in [0.2, 0.25) is 5.02 Å². The molecule has 3 heterocycles. The number of carbonyl (C=O) groups is 1. The molecule has 0 aliphatic carbocycles. The first-order valence-corrected chi connectivity index (χ1v) is 11.3. The fourth-order valence-electron chi connectivity index (χ4n) is 2.71. The van der Waals surface area contributed by atoms with E-state index in [0.717, 1.165) is 16.3 Å². The molecule has 26 heavy (non-hydrogen) atoms. The molecule has 2 aromatic heterocycles. The molecule has 0 spiro atoms. The summed E-state index contributed by atoms with van der Waals surface area (Å²) in [7, 11) is -3.48. The molecule has 1 amide bonds. The van der Waals surface area contributed by atoms with Gasteiger partial charge in [-0.3, -0.25) is 10.1 Å². The van der Waals surface area contributed by atoms with E-state index in [-0.39, 0.29) is 16.6 Å². The van der Waals surface area contributed by atoms with E-state index in [9.17, 15) is 13.2 Å². The minimum absolute atomic E-state index is 0.141. The van der Waals surface area contributed by atoms with Crippen LogP contribution >= 0.6 is 34.3 Å². The SMILES string of the molecule is CCc1nnc(NC(=O)c2cc3c(s2)-c2ccc(Cl)cc2S(=O)(=O)C3)s1. The van der Waals surface area contributed by atoms with Crippen LogP contribution < -0.4 is 5.32 Å². The number of amides is 1. The largest absolute Gasteiger partial charge is 0.296 e. The molecule has 0 radical (unpaired) electrons. The molecule has 0 atom stereocenters. The highest BCUT2D eigenvalue weighted by Crippen LogP contribution is 2.43. The topological polar surface area (TPSA) is 89.0 Å². The third-order valence-electron chi connectivity index (χ3n) is 3.89. The summed E-state index contributed by atoms with van der Waals surface area (Å²) in [5.74, 6) is -0.464. The van der Waals surface area contributed by atoms with Crippen molar-refractivity contribution in [3.63, 3.8) is 0 Å². The van der Waals surface area contributed by atoms with Crippen molar-refractivity contribution in [3.8, 4) is 10.4 Å². The lowest BCUT2D eigenvalue weighted by atomic mass is 10.1. The van der Waals surface area contributed by atoms with Crippen molar-refractivity contribution in [2.24, 2.45) is 0 Å². The number of rotatable bonds is 3. The molecule has 134 valence electrons. The second kappa shape index (κ2) is 6.41. The van der Waals surface area contributed by atoms with Gasteiger partial charge in [-0.25, -0.2) is 8.42 Å². The standard InChI is InChI=1S/C16H12ClN3O3S3/c1-2-13-19-20-16(25-13)18-15(21)11-5-8-7-26(22,23)12-6-9(17)3-4-10(12)14(8)24-11/h3-6H,2,7H2,1H3,(H,18,20,21). The number of nitrogens with one attached hydrogen (secondary N) is 1. The zero-order chi connectivity index (χ0) is 18.5. The number of hydrogen-bond donors (Lipinski definition) is 1. The highest BCUT2D eigenvalue weighted by atomic mass is 35.5. The van der Waals surface area contributed by atoms with Gasteiger partial charge in [-0.1, -0.05) is 35.9 Å². The summed E-state index contributed by atoms with van der Waals surface area (Å²) in [6.07, 6.45) is 0.748. The first kappa shape index (κ1) is 17.6. The Morgan fingerprint density at radius 3 is 2.81 bits per heavy atom. The van der Waals surface area contributed by atoms with Crippen LogP contribution in [-0.2, 0) is 22.0 Å². The number of aromatic nitrogens is 2. The van der Waals surface area contributed by atoms with Gasteiger partial charge in [0.05, 0.1) is 15.5 Å². The van der Waals surface area contributed by atoms with E-state index in [1.807, 2.05) is 6.92 Å². The summed E-state index contributed by atoms with van der Waals surface area (Å²) in [4.78, 5) is 13.9. The van der Waals surface area contributed by atoms with Gasteiger partial charge >= 0.3 is 0 Å². The van der Waals surface area contributed by atoms with Gasteiger partial charge in [-0.15, -0.1) is 21.5 Å². The van der Waals surface area contributed by atoms with Crippen LogP contribution in [0.15, 0.2) is 29.2 Å². The summed E-state index contributed by atoms with van der Waals surface area (Å²) in [6.45, 7) is 1.96. The zero-order valence-electron chi connectivity index (χ0n) is 13.4. The van der Waals surface area contributed by atoms with Gasteiger partial charge in [0, 0.05) is 15.5 Å². The van der Waals surface area contributed by atoms with Crippen molar-refractivity contribution in [2.75, 3.05) is 5.32 Å². The minimum Gasteiger partial charge on any atom is -0.296 e. The molecule has 0 saturated heterocycles. The second-order valence-corrected chi connectivity index (χ2v) is 10.2. The Balaban J connectivity index is 1.71. The molecule has 1 aliphatic heterocycles. The van der Waals surface area contributed by atoms with Crippen LogP contribution in [0.25, 0.3) is 10.4 Å². The van der Waals surface area contributed by atoms with E-state index in [2.05, 4.69) is 15.5 Å². The molecular weight excluding hydrogens is 414 g/mol. The van der Waals surface area contributed by atoms with Gasteiger partial charge in [-0.05, 0) is 30.2 Å². The third-order valence-corrected chi connectivity index (χ3v) is 8.02. The van der Waals surface area contributed by atoms with Crippen molar-refractivity contribution < 1.29 is 13.2 Å². The normalized spacial score (nSPS) is 14.5. The molecule has 1 aliphatic rings. The van der Waals surface area contributed by atoms with Crippen molar-refractivity contribution in [1.82, 2.24) is 10.2 Å². The quantitative estimate of drug-likeness (QED) is 0.684. The molecule has 0 saturated carbocycles. The zero-order valence-corrected chi connectivity index (χ0v) is 16.7. The third kappa shape index (κ3) is 3.05. The molecule has 1 aromatic carbocycles. The summed E-state index contributed by atoms with van der Waals surface area (Å²) >= 11 is 8.54. The fourth-order valence-corrected chi connectivity index (χ4v) is 6.49. The van der Waals surface area contributed by atoms with E-state index in [4.69, 9.17) is 11.6 Å². The lowest BCUT2D eigenvalue weighted by Crippen LogP contribution is -2.11. The van der Waals surface area contributed by atoms with Crippen LogP contribution in [0.1, 0.15) is 27.2 Å². The number of anilines is 1. The summed E-state index contributed by atoms with van der Waals surface area (Å²) in [5.41, 5.74) is 1.21. The average Bonchev–Trinajstić information content (AvgIpc) is 3.21. The van der Waals surface area contributed by atoms with Crippen LogP contribution in [0.5, 0.6) is 0 Å². The molecule has 4 rings (SSSR count). The van der Waals surface area contributed by atoms with E-state index >= 15 is 0 Å². The highest BCUT2D eigenvalue weighted by Gasteiger charge is 2.31. The number of carbonyl (C=O) groups excluding carboxylic acids is 1. The molecule has 0 bridgehead atoms. The number of hydrogen-bond acceptors (Lipinski definition) is 7. The van der Waals surface area contributed by atoms with Crippen LogP contribution in [0.3, 0.4) is 0 Å². The number of nitrogens with zero attached hydrogens (tertiary/aromatic N) is 2. The van der Waals surface area contributed by atoms with E-state index in [1.165, 1.54) is 28.7 Å². The molecule has 10 heteroatoms. The van der Waals surface area contributed by atoms with Gasteiger partial charge in [0.25, 0.3) is 5.91 Å². The Morgan fingerprint density at radius 1 is 1.27 bits per heavy atom. The first-order valence-electron chi connectivity index (χ1n) is 7.66. The van der Waals surface area contributed by atoms with Crippen LogP contribution in [-0.4, -0.2) is 24.5 Å². The Kier molecular flexibility index (Phi) is 4.34. The van der Waals surface area contributed by atoms with E-state index in [0.29, 0.717) is 26.2 Å². The van der Waals surface area contributed by atoms with Crippen molar-refractivity contribution in [2.45, 2.75) is 24.0 Å². The molecular formula is C16H12ClN3O3S3.